The minimum Gasteiger partial charge on any atom is -0.497 e. The number of ether oxygens (including phenoxy) is 1. The molecule has 0 aliphatic carbocycles. The summed E-state index contributed by atoms with van der Waals surface area (Å²) in [6.45, 7) is 5.89. The molecule has 5 heteroatoms. The van der Waals surface area contributed by atoms with Gasteiger partial charge in [-0.3, -0.25) is 4.99 Å². The zero-order valence-electron chi connectivity index (χ0n) is 15.4. The molecule has 2 N–H and O–H groups in total. The molecular formula is C20H28IN3O. The number of nitrogens with one attached hydrogen (secondary N) is 2. The minimum atomic E-state index is 0. The molecule has 0 saturated heterocycles. The largest absolute Gasteiger partial charge is 0.497 e. The molecule has 0 radical (unpaired) electrons. The molecule has 0 aliphatic rings. The summed E-state index contributed by atoms with van der Waals surface area (Å²) in [6.07, 6.45) is 0. The Hall–Kier alpha value is -1.76. The number of halogens is 1. The molecule has 0 aliphatic heterocycles. The molecule has 2 aromatic rings. The van der Waals surface area contributed by atoms with Gasteiger partial charge in [0.1, 0.15) is 5.75 Å². The van der Waals surface area contributed by atoms with Crippen molar-refractivity contribution in [3.8, 4) is 5.75 Å². The summed E-state index contributed by atoms with van der Waals surface area (Å²) >= 11 is 0. The van der Waals surface area contributed by atoms with Crippen LogP contribution < -0.4 is 15.4 Å². The maximum Gasteiger partial charge on any atom is 0.191 e. The Morgan fingerprint density at radius 2 is 1.68 bits per heavy atom. The predicted molar refractivity (Wildman–Crippen MR) is 116 cm³/mol. The van der Waals surface area contributed by atoms with E-state index in [0.717, 1.165) is 24.8 Å². The van der Waals surface area contributed by atoms with E-state index in [9.17, 15) is 0 Å². The van der Waals surface area contributed by atoms with Gasteiger partial charge < -0.3 is 15.4 Å². The van der Waals surface area contributed by atoms with Crippen LogP contribution in [-0.4, -0.2) is 26.7 Å². The van der Waals surface area contributed by atoms with Crippen molar-refractivity contribution < 1.29 is 4.74 Å². The number of aryl methyl sites for hydroxylation is 1. The van der Waals surface area contributed by atoms with Gasteiger partial charge in [-0.05, 0) is 36.1 Å². The Morgan fingerprint density at radius 3 is 2.24 bits per heavy atom. The van der Waals surface area contributed by atoms with Gasteiger partial charge in [-0.1, -0.05) is 48.9 Å². The number of nitrogens with zero attached hydrogens (tertiary/aromatic N) is 1. The molecule has 0 fully saturated rings. The van der Waals surface area contributed by atoms with Crippen molar-refractivity contribution in [2.75, 3.05) is 20.7 Å². The van der Waals surface area contributed by atoms with Crippen molar-refractivity contribution in [1.29, 1.82) is 0 Å². The highest BCUT2D eigenvalue weighted by molar-refractivity contribution is 14.0. The normalized spacial score (nSPS) is 12.1. The fraction of sp³-hybridized carbons (Fsp3) is 0.350. The number of rotatable bonds is 6. The van der Waals surface area contributed by atoms with Gasteiger partial charge in [0.15, 0.2) is 5.96 Å². The van der Waals surface area contributed by atoms with Crippen LogP contribution in [0.25, 0.3) is 0 Å². The molecule has 0 saturated carbocycles. The molecule has 0 aromatic heterocycles. The first-order chi connectivity index (χ1) is 11.6. The molecule has 0 spiro atoms. The van der Waals surface area contributed by atoms with Crippen molar-refractivity contribution in [3.05, 3.63) is 65.2 Å². The lowest BCUT2D eigenvalue weighted by Gasteiger charge is -2.16. The summed E-state index contributed by atoms with van der Waals surface area (Å²) in [6, 6.07) is 16.7. The number of aliphatic imine (C=N–C) groups is 1. The van der Waals surface area contributed by atoms with E-state index in [1.54, 1.807) is 14.2 Å². The zero-order chi connectivity index (χ0) is 17.4. The van der Waals surface area contributed by atoms with Crippen LogP contribution in [0.4, 0.5) is 0 Å². The van der Waals surface area contributed by atoms with Gasteiger partial charge in [0, 0.05) is 20.1 Å². The second-order valence-corrected chi connectivity index (χ2v) is 5.97. The number of hydrogen-bond donors (Lipinski definition) is 2. The Morgan fingerprint density at radius 1 is 1.04 bits per heavy atom. The Kier molecular flexibility index (Phi) is 9.34. The lowest BCUT2D eigenvalue weighted by molar-refractivity contribution is 0.414. The quantitative estimate of drug-likeness (QED) is 0.394. The van der Waals surface area contributed by atoms with E-state index in [1.807, 2.05) is 24.3 Å². The topological polar surface area (TPSA) is 45.7 Å². The summed E-state index contributed by atoms with van der Waals surface area (Å²) in [7, 11) is 3.47. The van der Waals surface area contributed by atoms with E-state index in [4.69, 9.17) is 4.74 Å². The van der Waals surface area contributed by atoms with E-state index in [-0.39, 0.29) is 24.0 Å². The second kappa shape index (κ2) is 11.0. The van der Waals surface area contributed by atoms with E-state index < -0.39 is 0 Å². The first-order valence-electron chi connectivity index (χ1n) is 8.26. The number of methoxy groups -OCH3 is 1. The van der Waals surface area contributed by atoms with Crippen molar-refractivity contribution in [2.24, 2.45) is 4.99 Å². The van der Waals surface area contributed by atoms with Crippen LogP contribution in [0, 0.1) is 6.92 Å². The SMILES string of the molecule is CN=C(NCc1ccc(OC)cc1)NCC(C)c1ccc(C)cc1.I. The van der Waals surface area contributed by atoms with E-state index >= 15 is 0 Å². The third kappa shape index (κ3) is 6.94. The predicted octanol–water partition coefficient (Wildman–Crippen LogP) is 4.09. The first kappa shape index (κ1) is 21.3. The van der Waals surface area contributed by atoms with Gasteiger partial charge in [0.25, 0.3) is 0 Å². The van der Waals surface area contributed by atoms with E-state index in [2.05, 4.69) is 53.7 Å². The zero-order valence-corrected chi connectivity index (χ0v) is 17.7. The van der Waals surface area contributed by atoms with Gasteiger partial charge in [0.2, 0.25) is 0 Å². The van der Waals surface area contributed by atoms with Crippen LogP contribution in [0.3, 0.4) is 0 Å². The number of benzene rings is 2. The molecule has 136 valence electrons. The first-order valence-corrected chi connectivity index (χ1v) is 8.26. The van der Waals surface area contributed by atoms with Crippen molar-refractivity contribution in [3.63, 3.8) is 0 Å². The molecule has 2 rings (SSSR count). The van der Waals surface area contributed by atoms with Crippen LogP contribution in [0.5, 0.6) is 5.75 Å². The average Bonchev–Trinajstić information content (AvgIpc) is 2.62. The molecule has 0 heterocycles. The third-order valence-corrected chi connectivity index (χ3v) is 4.06. The standard InChI is InChI=1S/C20H27N3O.HI/c1-15-5-9-18(10-6-15)16(2)13-22-20(21-3)23-14-17-7-11-19(24-4)12-8-17;/h5-12,16H,13-14H2,1-4H3,(H2,21,22,23);1H. The highest BCUT2D eigenvalue weighted by atomic mass is 127. The van der Waals surface area contributed by atoms with Crippen molar-refractivity contribution in [1.82, 2.24) is 10.6 Å². The molecule has 4 nitrogen and oxygen atoms in total. The summed E-state index contributed by atoms with van der Waals surface area (Å²) < 4.78 is 5.17. The van der Waals surface area contributed by atoms with Crippen molar-refractivity contribution in [2.45, 2.75) is 26.3 Å². The lowest BCUT2D eigenvalue weighted by atomic mass is 10.0. The maximum atomic E-state index is 5.17. The van der Waals surface area contributed by atoms with Crippen LogP contribution in [-0.2, 0) is 6.54 Å². The molecular weight excluding hydrogens is 425 g/mol. The van der Waals surface area contributed by atoms with Crippen LogP contribution in [0.2, 0.25) is 0 Å². The van der Waals surface area contributed by atoms with Crippen LogP contribution in [0.15, 0.2) is 53.5 Å². The molecule has 0 bridgehead atoms. The van der Waals surface area contributed by atoms with Crippen molar-refractivity contribution >= 4 is 29.9 Å². The van der Waals surface area contributed by atoms with Gasteiger partial charge in [0.05, 0.1) is 7.11 Å². The van der Waals surface area contributed by atoms with Gasteiger partial charge in [-0.15, -0.1) is 24.0 Å². The smallest absolute Gasteiger partial charge is 0.191 e. The van der Waals surface area contributed by atoms with Gasteiger partial charge >= 0.3 is 0 Å². The maximum absolute atomic E-state index is 5.17. The van der Waals surface area contributed by atoms with Gasteiger partial charge in [-0.2, -0.15) is 0 Å². The van der Waals surface area contributed by atoms with Crippen LogP contribution in [0.1, 0.15) is 29.5 Å². The molecule has 25 heavy (non-hydrogen) atoms. The molecule has 0 amide bonds. The Balaban J connectivity index is 0.00000312. The fourth-order valence-corrected chi connectivity index (χ4v) is 2.41. The Bertz CT molecular complexity index is 654. The second-order valence-electron chi connectivity index (χ2n) is 5.97. The third-order valence-electron chi connectivity index (χ3n) is 4.06. The fourth-order valence-electron chi connectivity index (χ4n) is 2.41. The van der Waals surface area contributed by atoms with E-state index in [1.165, 1.54) is 16.7 Å². The van der Waals surface area contributed by atoms with Crippen LogP contribution >= 0.6 is 24.0 Å². The summed E-state index contributed by atoms with van der Waals surface area (Å²) in [5, 5.41) is 6.73. The molecule has 2 aromatic carbocycles. The van der Waals surface area contributed by atoms with E-state index in [0.29, 0.717) is 5.92 Å². The summed E-state index contributed by atoms with van der Waals surface area (Å²) in [5.41, 5.74) is 3.81. The average molecular weight is 453 g/mol. The Labute approximate surface area is 168 Å². The lowest BCUT2D eigenvalue weighted by Crippen LogP contribution is -2.38. The molecule has 1 atom stereocenters. The summed E-state index contributed by atoms with van der Waals surface area (Å²) in [5.74, 6) is 2.10. The highest BCUT2D eigenvalue weighted by Gasteiger charge is 2.06. The number of guanidine groups is 1. The highest BCUT2D eigenvalue weighted by Crippen LogP contribution is 2.14. The minimum absolute atomic E-state index is 0. The summed E-state index contributed by atoms with van der Waals surface area (Å²) in [4.78, 5) is 4.29. The number of hydrogen-bond acceptors (Lipinski definition) is 2. The molecule has 1 unspecified atom stereocenters. The monoisotopic (exact) mass is 453 g/mol. The van der Waals surface area contributed by atoms with Gasteiger partial charge in [-0.25, -0.2) is 0 Å².